The molecule has 0 fully saturated rings. The maximum absolute atomic E-state index is 13.0. The zero-order chi connectivity index (χ0) is 17.5. The van der Waals surface area contributed by atoms with Crippen molar-refractivity contribution in [1.29, 1.82) is 0 Å². The van der Waals surface area contributed by atoms with E-state index in [2.05, 4.69) is 5.32 Å². The van der Waals surface area contributed by atoms with Gasteiger partial charge in [-0.05, 0) is 49.4 Å². The molecule has 128 valence electrons. The second-order valence-corrected chi connectivity index (χ2v) is 6.62. The first-order valence-corrected chi connectivity index (χ1v) is 8.69. The lowest BCUT2D eigenvalue weighted by molar-refractivity contribution is -0.153. The third-order valence-electron chi connectivity index (χ3n) is 3.25. The smallest absolute Gasteiger partial charge is 0.306 e. The second-order valence-electron chi connectivity index (χ2n) is 5.18. The molecule has 0 radical (unpaired) electrons. The average molecular weight is 370 g/mol. The number of amides is 1. The highest BCUT2D eigenvalue weighted by molar-refractivity contribution is 7.09. The van der Waals surface area contributed by atoms with Crippen molar-refractivity contribution in [1.82, 2.24) is 0 Å². The molecule has 0 aliphatic rings. The minimum atomic E-state index is -0.958. The van der Waals surface area contributed by atoms with Crippen molar-refractivity contribution in [2.75, 3.05) is 5.32 Å². The Morgan fingerprint density at radius 2 is 2.17 bits per heavy atom. The fraction of sp³-hybridized carbons (Fsp3) is 0.294. The van der Waals surface area contributed by atoms with Crippen molar-refractivity contribution in [3.05, 3.63) is 51.4 Å². The van der Waals surface area contributed by atoms with Crippen molar-refractivity contribution >= 4 is 40.5 Å². The van der Waals surface area contributed by atoms with Gasteiger partial charge in [0.05, 0.1) is 10.7 Å². The highest BCUT2D eigenvalue weighted by atomic mass is 35.5. The van der Waals surface area contributed by atoms with Gasteiger partial charge in [0.1, 0.15) is 5.82 Å². The van der Waals surface area contributed by atoms with Crippen molar-refractivity contribution < 1.29 is 18.7 Å². The molecule has 0 saturated carbocycles. The lowest BCUT2D eigenvalue weighted by Gasteiger charge is -2.14. The van der Waals surface area contributed by atoms with Gasteiger partial charge in [-0.2, -0.15) is 0 Å². The monoisotopic (exact) mass is 369 g/mol. The Bertz CT molecular complexity index is 706. The van der Waals surface area contributed by atoms with E-state index in [-0.39, 0.29) is 17.1 Å². The number of anilines is 1. The predicted octanol–water partition coefficient (Wildman–Crippen LogP) is 4.43. The van der Waals surface area contributed by atoms with Crippen molar-refractivity contribution in [2.24, 2.45) is 0 Å². The topological polar surface area (TPSA) is 55.4 Å². The third kappa shape index (κ3) is 5.62. The number of ether oxygens (including phenoxy) is 1. The summed E-state index contributed by atoms with van der Waals surface area (Å²) in [5.41, 5.74) is 0.267. The summed E-state index contributed by atoms with van der Waals surface area (Å²) >= 11 is 7.48. The Morgan fingerprint density at radius 3 is 2.83 bits per heavy atom. The molecule has 1 amide bonds. The number of thiophene rings is 1. The SMILES string of the molecule is C[C@H](OC(=O)CCCc1cccs1)C(=O)Nc1ccc(F)cc1Cl. The number of hydrogen-bond donors (Lipinski definition) is 1. The molecule has 2 aromatic rings. The Hall–Kier alpha value is -1.92. The predicted molar refractivity (Wildman–Crippen MR) is 92.9 cm³/mol. The first kappa shape index (κ1) is 18.4. The molecular formula is C17H17ClFNO3S. The first-order chi connectivity index (χ1) is 11.5. The fourth-order valence-corrected chi connectivity index (χ4v) is 2.96. The van der Waals surface area contributed by atoms with Gasteiger partial charge in [0.15, 0.2) is 6.10 Å². The van der Waals surface area contributed by atoms with Crippen LogP contribution in [0.5, 0.6) is 0 Å². The van der Waals surface area contributed by atoms with Gasteiger partial charge in [-0.25, -0.2) is 4.39 Å². The van der Waals surface area contributed by atoms with E-state index in [0.29, 0.717) is 6.42 Å². The summed E-state index contributed by atoms with van der Waals surface area (Å²) in [6.07, 6.45) is 0.753. The molecular weight excluding hydrogens is 353 g/mol. The number of aryl methyl sites for hydroxylation is 1. The second kappa shape index (κ2) is 8.80. The Labute approximate surface area is 148 Å². The number of hydrogen-bond acceptors (Lipinski definition) is 4. The number of halogens is 2. The average Bonchev–Trinajstić information content (AvgIpc) is 3.03. The lowest BCUT2D eigenvalue weighted by Crippen LogP contribution is -2.30. The standard InChI is InChI=1S/C17H17ClFNO3S/c1-11(17(22)20-15-8-7-12(19)10-14(15)18)23-16(21)6-2-4-13-5-3-9-24-13/h3,5,7-11H,2,4,6H2,1H3,(H,20,22)/t11-/m0/s1. The van der Waals surface area contributed by atoms with Gasteiger partial charge in [0.2, 0.25) is 0 Å². The molecule has 1 heterocycles. The summed E-state index contributed by atoms with van der Waals surface area (Å²) in [7, 11) is 0. The highest BCUT2D eigenvalue weighted by Crippen LogP contribution is 2.22. The van der Waals surface area contributed by atoms with Gasteiger partial charge in [-0.1, -0.05) is 17.7 Å². The summed E-state index contributed by atoms with van der Waals surface area (Å²) in [5.74, 6) is -1.45. The molecule has 1 aromatic heterocycles. The zero-order valence-corrected chi connectivity index (χ0v) is 14.6. The van der Waals surface area contributed by atoms with Crippen LogP contribution < -0.4 is 5.32 Å². The molecule has 0 unspecified atom stereocenters. The van der Waals surface area contributed by atoms with Gasteiger partial charge in [0, 0.05) is 11.3 Å². The molecule has 4 nitrogen and oxygen atoms in total. The Balaban J connectivity index is 1.76. The van der Waals surface area contributed by atoms with E-state index in [9.17, 15) is 14.0 Å². The number of esters is 1. The summed E-state index contributed by atoms with van der Waals surface area (Å²) in [4.78, 5) is 25.0. The van der Waals surface area contributed by atoms with Crippen LogP contribution in [0.25, 0.3) is 0 Å². The van der Waals surface area contributed by atoms with E-state index in [4.69, 9.17) is 16.3 Å². The molecule has 0 bridgehead atoms. The lowest BCUT2D eigenvalue weighted by atomic mass is 10.2. The van der Waals surface area contributed by atoms with Gasteiger partial charge in [-0.3, -0.25) is 9.59 Å². The normalized spacial score (nSPS) is 11.8. The molecule has 0 spiro atoms. The molecule has 2 rings (SSSR count). The molecule has 1 aromatic carbocycles. The van der Waals surface area contributed by atoms with Gasteiger partial charge >= 0.3 is 5.97 Å². The molecule has 0 aliphatic heterocycles. The largest absolute Gasteiger partial charge is 0.453 e. The maximum atomic E-state index is 13.0. The van der Waals surface area contributed by atoms with Crippen molar-refractivity contribution in [2.45, 2.75) is 32.3 Å². The summed E-state index contributed by atoms with van der Waals surface area (Å²) in [6.45, 7) is 1.48. The minimum absolute atomic E-state index is 0.0813. The van der Waals surface area contributed by atoms with Crippen LogP contribution in [-0.4, -0.2) is 18.0 Å². The minimum Gasteiger partial charge on any atom is -0.453 e. The van der Waals surface area contributed by atoms with Gasteiger partial charge in [-0.15, -0.1) is 11.3 Å². The van der Waals surface area contributed by atoms with Crippen LogP contribution in [0.15, 0.2) is 35.7 Å². The van der Waals surface area contributed by atoms with Gasteiger partial charge in [0.25, 0.3) is 5.91 Å². The third-order valence-corrected chi connectivity index (χ3v) is 4.50. The van der Waals surface area contributed by atoms with Crippen LogP contribution in [0, 0.1) is 5.82 Å². The number of carbonyl (C=O) groups excluding carboxylic acids is 2. The van der Waals surface area contributed by atoms with E-state index >= 15 is 0 Å². The van der Waals surface area contributed by atoms with Crippen molar-refractivity contribution in [3.63, 3.8) is 0 Å². The van der Waals surface area contributed by atoms with E-state index in [0.717, 1.165) is 12.5 Å². The molecule has 1 N–H and O–H groups in total. The van der Waals surface area contributed by atoms with E-state index < -0.39 is 23.8 Å². The fourth-order valence-electron chi connectivity index (χ4n) is 2.00. The number of rotatable bonds is 7. The van der Waals surface area contributed by atoms with Crippen LogP contribution >= 0.6 is 22.9 Å². The number of nitrogens with one attached hydrogen (secondary N) is 1. The van der Waals surface area contributed by atoms with E-state index in [1.165, 1.54) is 23.9 Å². The molecule has 7 heteroatoms. The number of benzene rings is 1. The molecule has 0 saturated heterocycles. The van der Waals surface area contributed by atoms with E-state index in [1.807, 2.05) is 17.5 Å². The van der Waals surface area contributed by atoms with Crippen LogP contribution in [0.3, 0.4) is 0 Å². The summed E-state index contributed by atoms with van der Waals surface area (Å²) < 4.78 is 18.1. The van der Waals surface area contributed by atoms with Gasteiger partial charge < -0.3 is 10.1 Å². The number of carbonyl (C=O) groups is 2. The van der Waals surface area contributed by atoms with E-state index in [1.54, 1.807) is 11.3 Å². The molecule has 24 heavy (non-hydrogen) atoms. The summed E-state index contributed by atoms with van der Waals surface area (Å²) in [6, 6.07) is 7.61. The van der Waals surface area contributed by atoms with Crippen LogP contribution in [0.1, 0.15) is 24.6 Å². The molecule has 0 aliphatic carbocycles. The molecule has 1 atom stereocenters. The Kier molecular flexibility index (Phi) is 6.75. The Morgan fingerprint density at radius 1 is 1.38 bits per heavy atom. The van der Waals surface area contributed by atoms with Crippen LogP contribution in [-0.2, 0) is 20.7 Å². The van der Waals surface area contributed by atoms with Crippen LogP contribution in [0.4, 0.5) is 10.1 Å². The maximum Gasteiger partial charge on any atom is 0.306 e. The highest BCUT2D eigenvalue weighted by Gasteiger charge is 2.18. The summed E-state index contributed by atoms with van der Waals surface area (Å²) in [5, 5.41) is 4.58. The van der Waals surface area contributed by atoms with Crippen molar-refractivity contribution in [3.8, 4) is 0 Å². The van der Waals surface area contributed by atoms with Crippen LogP contribution in [0.2, 0.25) is 5.02 Å². The quantitative estimate of drug-likeness (QED) is 0.734. The zero-order valence-electron chi connectivity index (χ0n) is 13.1. The first-order valence-electron chi connectivity index (χ1n) is 7.43.